The van der Waals surface area contributed by atoms with E-state index < -0.39 is 5.97 Å². The van der Waals surface area contributed by atoms with Crippen molar-refractivity contribution in [3.05, 3.63) is 47.0 Å². The Kier molecular flexibility index (Phi) is 3.10. The zero-order valence-electron chi connectivity index (χ0n) is 10.6. The van der Waals surface area contributed by atoms with Crippen LogP contribution >= 0.6 is 0 Å². The Morgan fingerprint density at radius 1 is 1.17 bits per heavy atom. The summed E-state index contributed by atoms with van der Waals surface area (Å²) in [5.74, 6) is -0.997. The molecule has 0 atom stereocenters. The van der Waals surface area contributed by atoms with Crippen LogP contribution in [-0.4, -0.2) is 21.0 Å². The van der Waals surface area contributed by atoms with E-state index in [9.17, 15) is 4.79 Å². The number of pyridine rings is 2. The number of nitrogens with zero attached hydrogens (tertiary/aromatic N) is 2. The van der Waals surface area contributed by atoms with Gasteiger partial charge in [0.05, 0.1) is 0 Å². The number of carboxylic acid groups (broad SMARTS) is 1. The molecule has 2 rings (SSSR count). The maximum atomic E-state index is 11.1. The quantitative estimate of drug-likeness (QED) is 0.879. The van der Waals surface area contributed by atoms with E-state index >= 15 is 0 Å². The highest BCUT2D eigenvalue weighted by atomic mass is 16.4. The molecular formula is C14H14N2O2. The van der Waals surface area contributed by atoms with Gasteiger partial charge >= 0.3 is 5.97 Å². The zero-order chi connectivity index (χ0) is 13.3. The molecule has 0 fully saturated rings. The standard InChI is InChI=1S/C14H14N2O2/c1-8-6-11(4-5-15-8)12-7-9(2)16-13(10(12)3)14(17)18/h4-7H,1-3H3,(H,17,18). The highest BCUT2D eigenvalue weighted by molar-refractivity contribution is 5.90. The molecule has 2 aromatic rings. The van der Waals surface area contributed by atoms with Crippen molar-refractivity contribution in [1.82, 2.24) is 9.97 Å². The molecule has 2 aromatic heterocycles. The first kappa shape index (κ1) is 12.2. The fourth-order valence-electron chi connectivity index (χ4n) is 1.96. The van der Waals surface area contributed by atoms with Gasteiger partial charge in [0.15, 0.2) is 5.69 Å². The van der Waals surface area contributed by atoms with Gasteiger partial charge in [-0.2, -0.15) is 0 Å². The molecule has 0 saturated carbocycles. The van der Waals surface area contributed by atoms with Crippen molar-refractivity contribution in [2.24, 2.45) is 0 Å². The van der Waals surface area contributed by atoms with Crippen LogP contribution in [0.3, 0.4) is 0 Å². The third-order valence-electron chi connectivity index (χ3n) is 2.81. The van der Waals surface area contributed by atoms with Crippen molar-refractivity contribution in [2.45, 2.75) is 20.8 Å². The Hall–Kier alpha value is -2.23. The first-order valence-electron chi connectivity index (χ1n) is 5.63. The van der Waals surface area contributed by atoms with Gasteiger partial charge < -0.3 is 5.11 Å². The molecule has 0 amide bonds. The SMILES string of the molecule is Cc1cc(-c2cc(C)nc(C(=O)O)c2C)ccn1. The van der Waals surface area contributed by atoms with Crippen LogP contribution in [0.1, 0.15) is 27.4 Å². The molecule has 4 heteroatoms. The van der Waals surface area contributed by atoms with Crippen molar-refractivity contribution in [1.29, 1.82) is 0 Å². The molecule has 0 bridgehead atoms. The van der Waals surface area contributed by atoms with Gasteiger partial charge in [0.25, 0.3) is 0 Å². The maximum absolute atomic E-state index is 11.1. The summed E-state index contributed by atoms with van der Waals surface area (Å²) in [4.78, 5) is 19.4. The van der Waals surface area contributed by atoms with Crippen LogP contribution < -0.4 is 0 Å². The van der Waals surface area contributed by atoms with E-state index in [4.69, 9.17) is 5.11 Å². The summed E-state index contributed by atoms with van der Waals surface area (Å²) in [6.45, 7) is 5.48. The molecule has 1 N–H and O–H groups in total. The zero-order valence-corrected chi connectivity index (χ0v) is 10.6. The minimum Gasteiger partial charge on any atom is -0.477 e. The average Bonchev–Trinajstić information content (AvgIpc) is 2.31. The highest BCUT2D eigenvalue weighted by Crippen LogP contribution is 2.26. The number of aryl methyl sites for hydroxylation is 2. The van der Waals surface area contributed by atoms with Crippen LogP contribution in [0.15, 0.2) is 24.4 Å². The number of aromatic nitrogens is 2. The molecule has 18 heavy (non-hydrogen) atoms. The molecule has 0 aromatic carbocycles. The molecule has 2 heterocycles. The van der Waals surface area contributed by atoms with Crippen LogP contribution in [0, 0.1) is 20.8 Å². The van der Waals surface area contributed by atoms with E-state index in [1.165, 1.54) is 0 Å². The topological polar surface area (TPSA) is 63.1 Å². The molecule has 92 valence electrons. The van der Waals surface area contributed by atoms with Crippen molar-refractivity contribution in [3.63, 3.8) is 0 Å². The molecule has 0 spiro atoms. The molecule has 0 aliphatic rings. The summed E-state index contributed by atoms with van der Waals surface area (Å²) < 4.78 is 0. The van der Waals surface area contributed by atoms with E-state index in [2.05, 4.69) is 9.97 Å². The monoisotopic (exact) mass is 242 g/mol. The van der Waals surface area contributed by atoms with Gasteiger partial charge in [0, 0.05) is 17.6 Å². The summed E-state index contributed by atoms with van der Waals surface area (Å²) in [6.07, 6.45) is 1.72. The smallest absolute Gasteiger partial charge is 0.354 e. The lowest BCUT2D eigenvalue weighted by molar-refractivity contribution is 0.0689. The Balaban J connectivity index is 2.68. The van der Waals surface area contributed by atoms with Gasteiger partial charge in [-0.15, -0.1) is 0 Å². The van der Waals surface area contributed by atoms with Crippen LogP contribution in [0.5, 0.6) is 0 Å². The van der Waals surface area contributed by atoms with Crippen molar-refractivity contribution in [3.8, 4) is 11.1 Å². The van der Waals surface area contributed by atoms with E-state index in [0.717, 1.165) is 16.8 Å². The predicted octanol–water partition coefficient (Wildman–Crippen LogP) is 2.77. The van der Waals surface area contributed by atoms with Crippen LogP contribution in [0.25, 0.3) is 11.1 Å². The second-order valence-electron chi connectivity index (χ2n) is 4.28. The van der Waals surface area contributed by atoms with Gasteiger partial charge in [-0.05, 0) is 55.7 Å². The predicted molar refractivity (Wildman–Crippen MR) is 68.6 cm³/mol. The number of aromatic carboxylic acids is 1. The van der Waals surface area contributed by atoms with Gasteiger partial charge in [-0.3, -0.25) is 4.98 Å². The summed E-state index contributed by atoms with van der Waals surface area (Å²) in [5, 5.41) is 9.14. The van der Waals surface area contributed by atoms with Gasteiger partial charge in [0.1, 0.15) is 0 Å². The van der Waals surface area contributed by atoms with Crippen molar-refractivity contribution in [2.75, 3.05) is 0 Å². The molecule has 0 unspecified atom stereocenters. The Labute approximate surface area is 105 Å². The van der Waals surface area contributed by atoms with Crippen LogP contribution in [0.2, 0.25) is 0 Å². The number of carbonyl (C=O) groups is 1. The lowest BCUT2D eigenvalue weighted by Gasteiger charge is -2.10. The number of carboxylic acids is 1. The molecule has 0 saturated heterocycles. The maximum Gasteiger partial charge on any atom is 0.354 e. The number of hydrogen-bond acceptors (Lipinski definition) is 3. The van der Waals surface area contributed by atoms with E-state index in [1.807, 2.05) is 25.1 Å². The summed E-state index contributed by atoms with van der Waals surface area (Å²) in [6, 6.07) is 5.71. The fraction of sp³-hybridized carbons (Fsp3) is 0.214. The molecule has 0 radical (unpaired) electrons. The second kappa shape index (κ2) is 4.56. The Morgan fingerprint density at radius 3 is 2.50 bits per heavy atom. The first-order chi connectivity index (χ1) is 8.49. The van der Waals surface area contributed by atoms with Crippen LogP contribution in [0.4, 0.5) is 0 Å². The average molecular weight is 242 g/mol. The fourth-order valence-corrected chi connectivity index (χ4v) is 1.96. The molecule has 0 aliphatic carbocycles. The van der Waals surface area contributed by atoms with Crippen LogP contribution in [-0.2, 0) is 0 Å². The number of hydrogen-bond donors (Lipinski definition) is 1. The lowest BCUT2D eigenvalue weighted by atomic mass is 9.99. The van der Waals surface area contributed by atoms with E-state index in [0.29, 0.717) is 11.3 Å². The number of rotatable bonds is 2. The summed E-state index contributed by atoms with van der Waals surface area (Å²) in [5.41, 5.74) is 4.25. The molecule has 0 aliphatic heterocycles. The molecule has 4 nitrogen and oxygen atoms in total. The minimum atomic E-state index is -0.997. The Bertz CT molecular complexity index is 621. The van der Waals surface area contributed by atoms with Gasteiger partial charge in [-0.25, -0.2) is 9.78 Å². The third-order valence-corrected chi connectivity index (χ3v) is 2.81. The lowest BCUT2D eigenvalue weighted by Crippen LogP contribution is -2.06. The second-order valence-corrected chi connectivity index (χ2v) is 4.28. The van der Waals surface area contributed by atoms with Crippen molar-refractivity contribution >= 4 is 5.97 Å². The van der Waals surface area contributed by atoms with E-state index in [1.54, 1.807) is 20.0 Å². The van der Waals surface area contributed by atoms with Gasteiger partial charge in [-0.1, -0.05) is 0 Å². The summed E-state index contributed by atoms with van der Waals surface area (Å²) >= 11 is 0. The van der Waals surface area contributed by atoms with Gasteiger partial charge in [0.2, 0.25) is 0 Å². The minimum absolute atomic E-state index is 0.111. The summed E-state index contributed by atoms with van der Waals surface area (Å²) in [7, 11) is 0. The third kappa shape index (κ3) is 2.22. The normalized spacial score (nSPS) is 10.4. The Morgan fingerprint density at radius 2 is 1.89 bits per heavy atom. The molecular weight excluding hydrogens is 228 g/mol. The first-order valence-corrected chi connectivity index (χ1v) is 5.63. The highest BCUT2D eigenvalue weighted by Gasteiger charge is 2.14. The largest absolute Gasteiger partial charge is 0.477 e. The van der Waals surface area contributed by atoms with E-state index in [-0.39, 0.29) is 5.69 Å². The van der Waals surface area contributed by atoms with Crippen molar-refractivity contribution < 1.29 is 9.90 Å².